The number of hydrogen-bond acceptors (Lipinski definition) is 2. The molecule has 1 rings (SSSR count). The van der Waals surface area contributed by atoms with Gasteiger partial charge in [-0.25, -0.2) is 4.74 Å². The zero-order valence-corrected chi connectivity index (χ0v) is 11.9. The van der Waals surface area contributed by atoms with E-state index in [-0.39, 0.29) is 12.0 Å². The van der Waals surface area contributed by atoms with Crippen LogP contribution in [0, 0.1) is 5.21 Å². The maximum Gasteiger partial charge on any atom is 0.190 e. The molecule has 1 aromatic carbocycles. The summed E-state index contributed by atoms with van der Waals surface area (Å²) in [5, 5.41) is 21.0. The lowest BCUT2D eigenvalue weighted by atomic mass is 9.87. The van der Waals surface area contributed by atoms with Gasteiger partial charge in [0.15, 0.2) is 11.8 Å². The van der Waals surface area contributed by atoms with Gasteiger partial charge < -0.3 is 10.3 Å². The fourth-order valence-corrected chi connectivity index (χ4v) is 1.45. The second-order valence-electron chi connectivity index (χ2n) is 6.30. The highest BCUT2D eigenvalue weighted by Gasteiger charge is 2.24. The molecule has 0 saturated carbocycles. The standard InChI is InChI=1S/C15H23NO2/c1-14(2,3)13-8-6-12(7-9-13)10-16(18)15(4,5)11-17/h6-10,17H,11H2,1-5H3/b16-10-. The average Bonchev–Trinajstić information content (AvgIpc) is 2.28. The van der Waals surface area contributed by atoms with Crippen molar-refractivity contribution in [3.63, 3.8) is 0 Å². The maximum absolute atomic E-state index is 11.8. The average molecular weight is 249 g/mol. The van der Waals surface area contributed by atoms with Crippen molar-refractivity contribution >= 4 is 6.21 Å². The number of aliphatic hydroxyl groups is 1. The molecule has 1 aromatic rings. The molecule has 3 heteroatoms. The molecule has 18 heavy (non-hydrogen) atoms. The Morgan fingerprint density at radius 2 is 1.61 bits per heavy atom. The minimum absolute atomic E-state index is 0.111. The van der Waals surface area contributed by atoms with Crippen molar-refractivity contribution in [2.45, 2.75) is 45.6 Å². The van der Waals surface area contributed by atoms with Gasteiger partial charge in [-0.3, -0.25) is 0 Å². The molecule has 0 spiro atoms. The summed E-state index contributed by atoms with van der Waals surface area (Å²) < 4.78 is 0.805. The van der Waals surface area contributed by atoms with Gasteiger partial charge in [0.1, 0.15) is 6.61 Å². The zero-order valence-electron chi connectivity index (χ0n) is 11.9. The second kappa shape index (κ2) is 5.11. The lowest BCUT2D eigenvalue weighted by molar-refractivity contribution is -0.539. The zero-order chi connectivity index (χ0) is 14.0. The number of benzene rings is 1. The van der Waals surface area contributed by atoms with Gasteiger partial charge in [-0.15, -0.1) is 0 Å². The van der Waals surface area contributed by atoms with E-state index in [9.17, 15) is 5.21 Å². The predicted octanol–water partition coefficient (Wildman–Crippen LogP) is 2.68. The molecule has 0 amide bonds. The van der Waals surface area contributed by atoms with Gasteiger partial charge in [0.05, 0.1) is 0 Å². The molecule has 0 heterocycles. The third-order valence-electron chi connectivity index (χ3n) is 3.03. The molecule has 0 aromatic heterocycles. The number of aliphatic hydroxyl groups excluding tert-OH is 1. The Balaban J connectivity index is 2.97. The van der Waals surface area contributed by atoms with Crippen molar-refractivity contribution in [1.29, 1.82) is 0 Å². The van der Waals surface area contributed by atoms with Crippen LogP contribution >= 0.6 is 0 Å². The molecular formula is C15H23NO2. The van der Waals surface area contributed by atoms with E-state index in [1.54, 1.807) is 13.8 Å². The van der Waals surface area contributed by atoms with Crippen molar-refractivity contribution in [2.75, 3.05) is 6.61 Å². The fourth-order valence-electron chi connectivity index (χ4n) is 1.45. The lowest BCUT2D eigenvalue weighted by Gasteiger charge is -2.21. The molecule has 100 valence electrons. The molecule has 0 saturated heterocycles. The van der Waals surface area contributed by atoms with Crippen LogP contribution in [-0.4, -0.2) is 28.2 Å². The third-order valence-corrected chi connectivity index (χ3v) is 3.03. The topological polar surface area (TPSA) is 46.3 Å². The quantitative estimate of drug-likeness (QED) is 0.387. The van der Waals surface area contributed by atoms with Crippen molar-refractivity contribution in [2.24, 2.45) is 0 Å². The van der Waals surface area contributed by atoms with E-state index in [4.69, 9.17) is 5.11 Å². The van der Waals surface area contributed by atoms with Gasteiger partial charge in [-0.2, -0.15) is 0 Å². The summed E-state index contributed by atoms with van der Waals surface area (Å²) in [5.41, 5.74) is 1.40. The lowest BCUT2D eigenvalue weighted by Crippen LogP contribution is -2.37. The van der Waals surface area contributed by atoms with Crippen LogP contribution < -0.4 is 0 Å². The van der Waals surface area contributed by atoms with Crippen LogP contribution in [0.4, 0.5) is 0 Å². The summed E-state index contributed by atoms with van der Waals surface area (Å²) in [7, 11) is 0. The molecule has 0 aliphatic heterocycles. The Bertz CT molecular complexity index is 425. The first-order valence-electron chi connectivity index (χ1n) is 6.19. The molecular weight excluding hydrogens is 226 g/mol. The first-order valence-corrected chi connectivity index (χ1v) is 6.19. The number of hydrogen-bond donors (Lipinski definition) is 1. The molecule has 0 fully saturated rings. The molecule has 0 unspecified atom stereocenters. The van der Waals surface area contributed by atoms with E-state index in [0.29, 0.717) is 0 Å². The van der Waals surface area contributed by atoms with Crippen LogP contribution in [-0.2, 0) is 5.41 Å². The van der Waals surface area contributed by atoms with E-state index in [2.05, 4.69) is 20.8 Å². The minimum atomic E-state index is -0.789. The highest BCUT2D eigenvalue weighted by molar-refractivity contribution is 5.75. The largest absolute Gasteiger partial charge is 0.623 e. The molecule has 0 aliphatic rings. The normalized spacial score (nSPS) is 13.8. The second-order valence-corrected chi connectivity index (χ2v) is 6.30. The van der Waals surface area contributed by atoms with Crippen molar-refractivity contribution in [3.8, 4) is 0 Å². The Labute approximate surface area is 109 Å². The fraction of sp³-hybridized carbons (Fsp3) is 0.533. The number of nitrogens with zero attached hydrogens (tertiary/aromatic N) is 1. The molecule has 0 atom stereocenters. The third kappa shape index (κ3) is 3.57. The van der Waals surface area contributed by atoms with E-state index in [1.165, 1.54) is 11.8 Å². The Hall–Kier alpha value is -1.35. The summed E-state index contributed by atoms with van der Waals surface area (Å²) in [6.45, 7) is 9.70. The summed E-state index contributed by atoms with van der Waals surface area (Å²) in [6.07, 6.45) is 1.52. The Morgan fingerprint density at radius 3 is 2.00 bits per heavy atom. The minimum Gasteiger partial charge on any atom is -0.623 e. The molecule has 3 nitrogen and oxygen atoms in total. The van der Waals surface area contributed by atoms with Gasteiger partial charge in [0.2, 0.25) is 0 Å². The van der Waals surface area contributed by atoms with Crippen LogP contribution in [0.2, 0.25) is 0 Å². The van der Waals surface area contributed by atoms with Crippen molar-refractivity contribution in [1.82, 2.24) is 0 Å². The van der Waals surface area contributed by atoms with Crippen LogP contribution in [0.25, 0.3) is 0 Å². The molecule has 0 bridgehead atoms. The van der Waals surface area contributed by atoms with Crippen LogP contribution in [0.1, 0.15) is 45.7 Å². The first kappa shape index (κ1) is 14.7. The van der Waals surface area contributed by atoms with E-state index < -0.39 is 5.54 Å². The van der Waals surface area contributed by atoms with Crippen LogP contribution in [0.3, 0.4) is 0 Å². The van der Waals surface area contributed by atoms with E-state index in [1.807, 2.05) is 24.3 Å². The molecule has 0 aliphatic carbocycles. The highest BCUT2D eigenvalue weighted by atomic mass is 16.5. The number of rotatable bonds is 3. The smallest absolute Gasteiger partial charge is 0.190 e. The van der Waals surface area contributed by atoms with E-state index in [0.717, 1.165) is 10.3 Å². The van der Waals surface area contributed by atoms with E-state index >= 15 is 0 Å². The maximum atomic E-state index is 11.8. The predicted molar refractivity (Wildman–Crippen MR) is 75.1 cm³/mol. The van der Waals surface area contributed by atoms with Crippen molar-refractivity contribution < 1.29 is 9.85 Å². The monoisotopic (exact) mass is 249 g/mol. The first-order chi connectivity index (χ1) is 8.16. The summed E-state index contributed by atoms with van der Waals surface area (Å²) in [4.78, 5) is 0. The highest BCUT2D eigenvalue weighted by Crippen LogP contribution is 2.21. The summed E-state index contributed by atoms with van der Waals surface area (Å²) in [6, 6.07) is 7.93. The van der Waals surface area contributed by atoms with Gasteiger partial charge in [0, 0.05) is 19.4 Å². The van der Waals surface area contributed by atoms with Gasteiger partial charge >= 0.3 is 0 Å². The SMILES string of the molecule is CC(C)(C)c1ccc(/C=[N+](\[O-])C(C)(C)CO)cc1. The van der Waals surface area contributed by atoms with Crippen molar-refractivity contribution in [3.05, 3.63) is 40.6 Å². The molecule has 1 N–H and O–H groups in total. The van der Waals surface area contributed by atoms with Gasteiger partial charge in [-0.1, -0.05) is 32.9 Å². The van der Waals surface area contributed by atoms with Crippen LogP contribution in [0.15, 0.2) is 24.3 Å². The molecule has 0 radical (unpaired) electrons. The number of hydroxylamine groups is 1. The summed E-state index contributed by atoms with van der Waals surface area (Å²) in [5.74, 6) is 0. The summed E-state index contributed by atoms with van der Waals surface area (Å²) >= 11 is 0. The Kier molecular flexibility index (Phi) is 4.17. The van der Waals surface area contributed by atoms with Gasteiger partial charge in [-0.05, 0) is 23.1 Å². The van der Waals surface area contributed by atoms with Gasteiger partial charge in [0.25, 0.3) is 0 Å². The Morgan fingerprint density at radius 1 is 1.11 bits per heavy atom. The van der Waals surface area contributed by atoms with Crippen LogP contribution in [0.5, 0.6) is 0 Å².